The molecular formula is C9H17IN2O2. The predicted octanol–water partition coefficient (Wildman–Crippen LogP) is 0.811. The molecule has 0 aliphatic carbocycles. The second-order valence-corrected chi connectivity index (χ2v) is 4.36. The van der Waals surface area contributed by atoms with E-state index in [1.54, 1.807) is 7.11 Å². The van der Waals surface area contributed by atoms with Crippen molar-refractivity contribution in [2.24, 2.45) is 5.92 Å². The van der Waals surface area contributed by atoms with Gasteiger partial charge in [0.15, 0.2) is 0 Å². The number of halogens is 1. The minimum absolute atomic E-state index is 0.119. The van der Waals surface area contributed by atoms with Gasteiger partial charge in [-0.15, -0.1) is 0 Å². The van der Waals surface area contributed by atoms with Crippen LogP contribution in [0, 0.1) is 5.92 Å². The maximum atomic E-state index is 11.4. The molecule has 1 aliphatic rings. The summed E-state index contributed by atoms with van der Waals surface area (Å²) in [5.74, 6) is 0.840. The molecule has 1 N–H and O–H groups in total. The summed E-state index contributed by atoms with van der Waals surface area (Å²) in [5.41, 5.74) is 0. The summed E-state index contributed by atoms with van der Waals surface area (Å²) in [7, 11) is 1.56. The second kappa shape index (κ2) is 6.58. The Labute approximate surface area is 98.9 Å². The molecule has 0 bridgehead atoms. The number of likely N-dealkylation sites (tertiary alicyclic amines) is 1. The van der Waals surface area contributed by atoms with Crippen molar-refractivity contribution in [3.63, 3.8) is 0 Å². The molecule has 4 nitrogen and oxygen atoms in total. The number of carbonyl (C=O) groups is 1. The van der Waals surface area contributed by atoms with Gasteiger partial charge in [-0.3, -0.25) is 8.32 Å². The average molecular weight is 312 g/mol. The normalized spacial score (nSPS) is 18.6. The van der Waals surface area contributed by atoms with E-state index < -0.39 is 0 Å². The van der Waals surface area contributed by atoms with Gasteiger partial charge in [-0.2, -0.15) is 0 Å². The Morgan fingerprint density at radius 3 is 2.71 bits per heavy atom. The maximum absolute atomic E-state index is 11.4. The zero-order valence-electron chi connectivity index (χ0n) is 8.46. The van der Waals surface area contributed by atoms with E-state index in [0.717, 1.165) is 38.4 Å². The predicted molar refractivity (Wildman–Crippen MR) is 63.2 cm³/mol. The molecule has 1 heterocycles. The summed E-state index contributed by atoms with van der Waals surface area (Å²) in [5, 5.41) is 0. The Morgan fingerprint density at radius 2 is 2.21 bits per heavy atom. The molecule has 1 fully saturated rings. The summed E-state index contributed by atoms with van der Waals surface area (Å²) in [6, 6.07) is 0. The van der Waals surface area contributed by atoms with E-state index in [9.17, 15) is 4.79 Å². The van der Waals surface area contributed by atoms with E-state index in [-0.39, 0.29) is 12.5 Å². The summed E-state index contributed by atoms with van der Waals surface area (Å²) in [6.45, 7) is 3.03. The Balaban J connectivity index is 2.24. The van der Waals surface area contributed by atoms with Crippen molar-refractivity contribution in [3.8, 4) is 0 Å². The third-order valence-corrected chi connectivity index (χ3v) is 3.04. The van der Waals surface area contributed by atoms with Crippen LogP contribution in [0.5, 0.6) is 0 Å². The van der Waals surface area contributed by atoms with Crippen molar-refractivity contribution in [2.45, 2.75) is 12.8 Å². The molecule has 5 heteroatoms. The van der Waals surface area contributed by atoms with Crippen molar-refractivity contribution in [1.29, 1.82) is 0 Å². The van der Waals surface area contributed by atoms with Gasteiger partial charge in [-0.1, -0.05) is 0 Å². The summed E-state index contributed by atoms with van der Waals surface area (Å²) >= 11 is 2.17. The standard InChI is InChI=1S/C9H17IN2O2/c1-14-7-9(13)12-4-2-8(3-5-12)6-11-10/h8,11H,2-7H2,1H3. The molecule has 0 aromatic heterocycles. The summed E-state index contributed by atoms with van der Waals surface area (Å²) in [4.78, 5) is 13.3. The van der Waals surface area contributed by atoms with Crippen LogP contribution in [0.4, 0.5) is 0 Å². The number of methoxy groups -OCH3 is 1. The number of nitrogens with one attached hydrogen (secondary N) is 1. The number of carbonyl (C=O) groups excluding carboxylic acids is 1. The molecule has 1 saturated heterocycles. The van der Waals surface area contributed by atoms with Crippen LogP contribution in [-0.2, 0) is 9.53 Å². The van der Waals surface area contributed by atoms with Crippen molar-refractivity contribution in [3.05, 3.63) is 0 Å². The molecule has 0 aromatic rings. The fourth-order valence-corrected chi connectivity index (χ4v) is 2.33. The van der Waals surface area contributed by atoms with Gasteiger partial charge in [0.2, 0.25) is 5.91 Å². The lowest BCUT2D eigenvalue weighted by Gasteiger charge is -2.31. The highest BCUT2D eigenvalue weighted by atomic mass is 127. The first-order valence-corrected chi connectivity index (χ1v) is 5.96. The van der Waals surface area contributed by atoms with Crippen LogP contribution in [0.1, 0.15) is 12.8 Å². The molecule has 0 radical (unpaired) electrons. The van der Waals surface area contributed by atoms with Gasteiger partial charge >= 0.3 is 0 Å². The average Bonchev–Trinajstić information content (AvgIpc) is 2.20. The lowest BCUT2D eigenvalue weighted by atomic mass is 9.97. The van der Waals surface area contributed by atoms with Gasteiger partial charge in [0.05, 0.1) is 0 Å². The highest BCUT2D eigenvalue weighted by Crippen LogP contribution is 2.16. The fourth-order valence-electron chi connectivity index (χ4n) is 1.71. The topological polar surface area (TPSA) is 41.6 Å². The van der Waals surface area contributed by atoms with E-state index in [2.05, 4.69) is 26.4 Å². The molecule has 0 atom stereocenters. The third-order valence-electron chi connectivity index (χ3n) is 2.60. The van der Waals surface area contributed by atoms with Gasteiger partial charge in [-0.05, 0) is 18.8 Å². The van der Waals surface area contributed by atoms with Crippen LogP contribution < -0.4 is 3.53 Å². The van der Waals surface area contributed by atoms with E-state index in [0.29, 0.717) is 0 Å². The molecule has 0 saturated carbocycles. The van der Waals surface area contributed by atoms with Crippen molar-refractivity contribution in [1.82, 2.24) is 8.43 Å². The zero-order valence-corrected chi connectivity index (χ0v) is 10.6. The quantitative estimate of drug-likeness (QED) is 0.617. The number of amides is 1. The number of nitrogens with zero attached hydrogens (tertiary/aromatic N) is 1. The first kappa shape index (κ1) is 12.2. The Kier molecular flexibility index (Phi) is 5.73. The van der Waals surface area contributed by atoms with Crippen LogP contribution in [0.25, 0.3) is 0 Å². The minimum atomic E-state index is 0.119. The Morgan fingerprint density at radius 1 is 1.57 bits per heavy atom. The van der Waals surface area contributed by atoms with Gasteiger partial charge in [0.1, 0.15) is 6.61 Å². The highest BCUT2D eigenvalue weighted by Gasteiger charge is 2.21. The lowest BCUT2D eigenvalue weighted by Crippen LogP contribution is -2.41. The molecule has 1 aliphatic heterocycles. The van der Waals surface area contributed by atoms with E-state index >= 15 is 0 Å². The Hall–Kier alpha value is 0.120. The van der Waals surface area contributed by atoms with Crippen molar-refractivity contribution < 1.29 is 9.53 Å². The number of piperidine rings is 1. The molecule has 1 amide bonds. The summed E-state index contributed by atoms with van der Waals surface area (Å²) < 4.78 is 7.97. The number of ether oxygens (including phenoxy) is 1. The minimum Gasteiger partial charge on any atom is -0.375 e. The van der Waals surface area contributed by atoms with E-state index in [1.807, 2.05) is 4.90 Å². The van der Waals surface area contributed by atoms with Gasteiger partial charge in [-0.25, -0.2) is 0 Å². The van der Waals surface area contributed by atoms with Crippen LogP contribution in [0.2, 0.25) is 0 Å². The summed E-state index contributed by atoms with van der Waals surface area (Å²) in [6.07, 6.45) is 2.21. The maximum Gasteiger partial charge on any atom is 0.248 e. The highest BCUT2D eigenvalue weighted by molar-refractivity contribution is 14.1. The zero-order chi connectivity index (χ0) is 10.4. The molecule has 1 rings (SSSR count). The van der Waals surface area contributed by atoms with Gasteiger partial charge in [0.25, 0.3) is 0 Å². The monoisotopic (exact) mass is 312 g/mol. The molecule has 14 heavy (non-hydrogen) atoms. The molecular weight excluding hydrogens is 295 g/mol. The van der Waals surface area contributed by atoms with Crippen LogP contribution >= 0.6 is 22.9 Å². The largest absolute Gasteiger partial charge is 0.375 e. The Bertz CT molecular complexity index is 182. The fraction of sp³-hybridized carbons (Fsp3) is 0.889. The smallest absolute Gasteiger partial charge is 0.248 e. The second-order valence-electron chi connectivity index (χ2n) is 3.59. The van der Waals surface area contributed by atoms with Gasteiger partial charge < -0.3 is 9.64 Å². The molecule has 82 valence electrons. The molecule has 0 aromatic carbocycles. The first-order chi connectivity index (χ1) is 6.77. The number of rotatable bonds is 4. The molecule has 0 spiro atoms. The first-order valence-electron chi connectivity index (χ1n) is 4.88. The number of hydrogen-bond donors (Lipinski definition) is 1. The van der Waals surface area contributed by atoms with Crippen LogP contribution in [0.15, 0.2) is 0 Å². The SMILES string of the molecule is COCC(=O)N1CCC(CNI)CC1. The van der Waals surface area contributed by atoms with Crippen molar-refractivity contribution >= 4 is 28.8 Å². The van der Waals surface area contributed by atoms with Gasteiger partial charge in [0, 0.05) is 49.6 Å². The lowest BCUT2D eigenvalue weighted by molar-refractivity contribution is -0.136. The third kappa shape index (κ3) is 3.70. The van der Waals surface area contributed by atoms with Crippen LogP contribution in [0.3, 0.4) is 0 Å². The van der Waals surface area contributed by atoms with Crippen molar-refractivity contribution in [2.75, 3.05) is 33.4 Å². The van der Waals surface area contributed by atoms with E-state index in [4.69, 9.17) is 4.74 Å². The molecule has 0 unspecified atom stereocenters. The van der Waals surface area contributed by atoms with E-state index in [1.165, 1.54) is 0 Å². The number of hydrogen-bond acceptors (Lipinski definition) is 3. The van der Waals surface area contributed by atoms with Crippen LogP contribution in [-0.4, -0.2) is 44.2 Å².